The molecule has 0 unspecified atom stereocenters. The largest absolute Gasteiger partial charge is 0.410 e. The molecule has 0 amide bonds. The van der Waals surface area contributed by atoms with Gasteiger partial charge in [-0.2, -0.15) is 0 Å². The second kappa shape index (κ2) is 4.16. The molecule has 1 aromatic rings. The molecule has 2 nitrogen and oxygen atoms in total. The average Bonchev–Trinajstić information content (AvgIpc) is 2.09. The molecule has 0 spiro atoms. The Labute approximate surface area is 76.3 Å². The van der Waals surface area contributed by atoms with Crippen molar-refractivity contribution in [2.75, 3.05) is 0 Å². The molecule has 12 heavy (non-hydrogen) atoms. The molecular weight excluding hydrogens is 170 g/mol. The third kappa shape index (κ3) is 2.58. The highest BCUT2D eigenvalue weighted by atomic mass is 32.2. The van der Waals surface area contributed by atoms with E-state index in [-0.39, 0.29) is 0 Å². The monoisotopic (exact) mass is 181 g/mol. The average molecular weight is 181 g/mol. The zero-order valence-electron chi connectivity index (χ0n) is 7.11. The molecule has 1 aromatic carbocycles. The van der Waals surface area contributed by atoms with Crippen LogP contribution in [-0.2, 0) is 0 Å². The highest BCUT2D eigenvalue weighted by Crippen LogP contribution is 2.19. The van der Waals surface area contributed by atoms with Crippen LogP contribution in [0, 0.1) is 6.92 Å². The van der Waals surface area contributed by atoms with Gasteiger partial charge in [-0.1, -0.05) is 34.6 Å². The fraction of sp³-hybridized carbons (Fsp3) is 0.222. The summed E-state index contributed by atoms with van der Waals surface area (Å²) in [4.78, 5) is 1.09. The van der Waals surface area contributed by atoms with Crippen molar-refractivity contribution in [1.29, 1.82) is 0 Å². The highest BCUT2D eigenvalue weighted by molar-refractivity contribution is 8.13. The minimum absolute atomic E-state index is 0.652. The molecule has 0 aliphatic rings. The quantitative estimate of drug-likeness (QED) is 0.237. The summed E-state index contributed by atoms with van der Waals surface area (Å²) in [7, 11) is 0. The molecule has 1 rings (SSSR count). The standard InChI is InChI=1S/C9H11NOS/c1-7-3-5-9(6-4-7)12-8(2)10-11/h3-6,11H,1-2H3/b10-8-. The highest BCUT2D eigenvalue weighted by Gasteiger charge is 1.95. The van der Waals surface area contributed by atoms with Crippen molar-refractivity contribution in [3.8, 4) is 0 Å². The summed E-state index contributed by atoms with van der Waals surface area (Å²) in [6.07, 6.45) is 0. The van der Waals surface area contributed by atoms with Gasteiger partial charge in [-0.05, 0) is 26.0 Å². The van der Waals surface area contributed by atoms with Crippen molar-refractivity contribution in [3.05, 3.63) is 29.8 Å². The molecule has 1 N–H and O–H groups in total. The van der Waals surface area contributed by atoms with Crippen molar-refractivity contribution in [1.82, 2.24) is 0 Å². The van der Waals surface area contributed by atoms with Crippen molar-refractivity contribution < 1.29 is 5.21 Å². The molecule has 0 fully saturated rings. The summed E-state index contributed by atoms with van der Waals surface area (Å²) in [6.45, 7) is 3.81. The SMILES string of the molecule is C/C(=N/O)Sc1ccc(C)cc1. The summed E-state index contributed by atoms with van der Waals surface area (Å²) < 4.78 is 0. The van der Waals surface area contributed by atoms with Crippen LogP contribution in [0.15, 0.2) is 34.3 Å². The van der Waals surface area contributed by atoms with Gasteiger partial charge in [0.2, 0.25) is 0 Å². The van der Waals surface area contributed by atoms with Gasteiger partial charge in [0.1, 0.15) is 5.04 Å². The van der Waals surface area contributed by atoms with Gasteiger partial charge in [0.05, 0.1) is 0 Å². The number of hydrogen-bond donors (Lipinski definition) is 1. The van der Waals surface area contributed by atoms with Crippen LogP contribution < -0.4 is 0 Å². The maximum absolute atomic E-state index is 8.42. The van der Waals surface area contributed by atoms with E-state index in [0.717, 1.165) is 4.90 Å². The van der Waals surface area contributed by atoms with E-state index >= 15 is 0 Å². The van der Waals surface area contributed by atoms with Crippen LogP contribution in [0.4, 0.5) is 0 Å². The van der Waals surface area contributed by atoms with E-state index in [1.165, 1.54) is 17.3 Å². The summed E-state index contributed by atoms with van der Waals surface area (Å²) in [6, 6.07) is 8.09. The van der Waals surface area contributed by atoms with Crippen LogP contribution in [0.1, 0.15) is 12.5 Å². The zero-order chi connectivity index (χ0) is 8.97. The van der Waals surface area contributed by atoms with Gasteiger partial charge < -0.3 is 5.21 Å². The number of oxime groups is 1. The number of thioether (sulfide) groups is 1. The third-order valence-electron chi connectivity index (χ3n) is 1.43. The van der Waals surface area contributed by atoms with Crippen molar-refractivity contribution >= 4 is 16.8 Å². The molecule has 3 heteroatoms. The van der Waals surface area contributed by atoms with Crippen molar-refractivity contribution in [2.24, 2.45) is 5.16 Å². The van der Waals surface area contributed by atoms with Crippen LogP contribution in [-0.4, -0.2) is 10.3 Å². The van der Waals surface area contributed by atoms with E-state index < -0.39 is 0 Å². The van der Waals surface area contributed by atoms with Crippen molar-refractivity contribution in [2.45, 2.75) is 18.7 Å². The summed E-state index contributed by atoms with van der Waals surface area (Å²) in [5, 5.41) is 12.2. The van der Waals surface area contributed by atoms with Gasteiger partial charge in [-0.15, -0.1) is 0 Å². The lowest BCUT2D eigenvalue weighted by molar-refractivity contribution is 0.320. The zero-order valence-corrected chi connectivity index (χ0v) is 7.93. The summed E-state index contributed by atoms with van der Waals surface area (Å²) >= 11 is 1.45. The van der Waals surface area contributed by atoms with Crippen molar-refractivity contribution in [3.63, 3.8) is 0 Å². The van der Waals surface area contributed by atoms with Gasteiger partial charge >= 0.3 is 0 Å². The Hall–Kier alpha value is -0.960. The molecule has 0 bridgehead atoms. The summed E-state index contributed by atoms with van der Waals surface area (Å²) in [5.41, 5.74) is 1.23. The second-order valence-electron chi connectivity index (χ2n) is 2.53. The molecule has 0 aliphatic heterocycles. The minimum atomic E-state index is 0.652. The van der Waals surface area contributed by atoms with E-state index in [0.29, 0.717) is 5.04 Å². The lowest BCUT2D eigenvalue weighted by Crippen LogP contribution is -1.82. The maximum atomic E-state index is 8.42. The molecule has 0 saturated heterocycles. The Bertz CT molecular complexity index is 279. The first kappa shape index (κ1) is 9.13. The first-order chi connectivity index (χ1) is 5.72. The molecule has 0 atom stereocenters. The Morgan fingerprint density at radius 2 is 1.92 bits per heavy atom. The summed E-state index contributed by atoms with van der Waals surface area (Å²) in [5.74, 6) is 0. The van der Waals surface area contributed by atoms with Crippen LogP contribution in [0.25, 0.3) is 0 Å². The van der Waals surface area contributed by atoms with Crippen LogP contribution in [0.5, 0.6) is 0 Å². The second-order valence-corrected chi connectivity index (χ2v) is 3.80. The predicted octanol–water partition coefficient (Wildman–Crippen LogP) is 2.89. The molecule has 0 saturated carbocycles. The molecule has 0 aliphatic carbocycles. The van der Waals surface area contributed by atoms with Gasteiger partial charge in [0.15, 0.2) is 0 Å². The number of benzene rings is 1. The van der Waals surface area contributed by atoms with Gasteiger partial charge in [0.25, 0.3) is 0 Å². The fourth-order valence-corrected chi connectivity index (χ4v) is 1.45. The van der Waals surface area contributed by atoms with Gasteiger partial charge in [-0.3, -0.25) is 0 Å². The van der Waals surface area contributed by atoms with E-state index in [9.17, 15) is 0 Å². The molecule has 0 aromatic heterocycles. The Morgan fingerprint density at radius 3 is 2.42 bits per heavy atom. The number of nitrogens with zero attached hydrogens (tertiary/aromatic N) is 1. The predicted molar refractivity (Wildman–Crippen MR) is 51.9 cm³/mol. The smallest absolute Gasteiger partial charge is 0.114 e. The Balaban J connectivity index is 2.71. The lowest BCUT2D eigenvalue weighted by atomic mass is 10.2. The number of aryl methyl sites for hydroxylation is 1. The van der Waals surface area contributed by atoms with E-state index in [2.05, 4.69) is 5.16 Å². The minimum Gasteiger partial charge on any atom is -0.410 e. The van der Waals surface area contributed by atoms with E-state index in [4.69, 9.17) is 5.21 Å². The van der Waals surface area contributed by atoms with Crippen LogP contribution in [0.2, 0.25) is 0 Å². The normalized spacial score (nSPS) is 11.7. The molecule has 64 valence electrons. The molecular formula is C9H11NOS. The van der Waals surface area contributed by atoms with E-state index in [1.807, 2.05) is 31.2 Å². The first-order valence-electron chi connectivity index (χ1n) is 3.65. The third-order valence-corrected chi connectivity index (χ3v) is 2.31. The first-order valence-corrected chi connectivity index (χ1v) is 4.47. The number of rotatable bonds is 1. The fourth-order valence-electron chi connectivity index (χ4n) is 0.797. The van der Waals surface area contributed by atoms with Crippen LogP contribution >= 0.6 is 11.8 Å². The van der Waals surface area contributed by atoms with E-state index in [1.54, 1.807) is 6.92 Å². The Kier molecular flexibility index (Phi) is 3.17. The molecule has 0 radical (unpaired) electrons. The Morgan fingerprint density at radius 1 is 1.33 bits per heavy atom. The van der Waals surface area contributed by atoms with Crippen LogP contribution in [0.3, 0.4) is 0 Å². The maximum Gasteiger partial charge on any atom is 0.114 e. The molecule has 0 heterocycles. The lowest BCUT2D eigenvalue weighted by Gasteiger charge is -1.98. The number of hydrogen-bond acceptors (Lipinski definition) is 3. The van der Waals surface area contributed by atoms with Gasteiger partial charge in [0, 0.05) is 4.90 Å². The van der Waals surface area contributed by atoms with Gasteiger partial charge in [-0.25, -0.2) is 0 Å². The topological polar surface area (TPSA) is 32.6 Å².